The number of carbonyl (C=O) groups excluding carboxylic acids is 1. The van der Waals surface area contributed by atoms with E-state index in [1.165, 1.54) is 17.7 Å². The minimum atomic E-state index is -0.201. The molecule has 1 fully saturated rings. The molecule has 1 aliphatic heterocycles. The van der Waals surface area contributed by atoms with E-state index in [2.05, 4.69) is 41.4 Å². The molecule has 1 heterocycles. The van der Waals surface area contributed by atoms with Gasteiger partial charge in [0.15, 0.2) is 0 Å². The number of nitrogens with one attached hydrogen (secondary N) is 1. The average molecular weight is 368 g/mol. The van der Waals surface area contributed by atoms with Gasteiger partial charge in [0.1, 0.15) is 5.82 Å². The van der Waals surface area contributed by atoms with Gasteiger partial charge in [-0.3, -0.25) is 9.69 Å². The minimum Gasteiger partial charge on any atom is -0.349 e. The van der Waals surface area contributed by atoms with Gasteiger partial charge in [-0.05, 0) is 68.1 Å². The molecule has 2 aromatic carbocycles. The summed E-state index contributed by atoms with van der Waals surface area (Å²) in [5.41, 5.74) is 3.57. The van der Waals surface area contributed by atoms with Gasteiger partial charge in [-0.15, -0.1) is 0 Å². The Morgan fingerprint density at radius 1 is 1.07 bits per heavy atom. The molecule has 3 rings (SSSR count). The lowest BCUT2D eigenvalue weighted by Crippen LogP contribution is -2.40. The fourth-order valence-electron chi connectivity index (χ4n) is 3.66. The Hall–Kier alpha value is -2.20. The molecule has 1 amide bonds. The highest BCUT2D eigenvalue weighted by Crippen LogP contribution is 2.21. The van der Waals surface area contributed by atoms with E-state index in [1.807, 2.05) is 19.1 Å². The van der Waals surface area contributed by atoms with Gasteiger partial charge in [-0.1, -0.05) is 43.3 Å². The second kappa shape index (κ2) is 9.14. The largest absolute Gasteiger partial charge is 0.349 e. The van der Waals surface area contributed by atoms with Crippen molar-refractivity contribution in [3.8, 4) is 0 Å². The first kappa shape index (κ1) is 19.6. The molecule has 0 unspecified atom stereocenters. The molecule has 1 atom stereocenters. The van der Waals surface area contributed by atoms with Gasteiger partial charge in [0.05, 0.1) is 6.04 Å². The number of amides is 1. The number of nitrogens with zero attached hydrogens (tertiary/aromatic N) is 1. The molecule has 1 N–H and O–H groups in total. The summed E-state index contributed by atoms with van der Waals surface area (Å²) in [6.07, 6.45) is 2.76. The van der Waals surface area contributed by atoms with Crippen LogP contribution in [-0.4, -0.2) is 23.9 Å². The molecule has 0 radical (unpaired) electrons. The van der Waals surface area contributed by atoms with Crippen molar-refractivity contribution in [3.05, 3.63) is 71.0 Å². The summed E-state index contributed by atoms with van der Waals surface area (Å²) in [6.45, 7) is 6.80. The Bertz CT molecular complexity index is 734. The highest BCUT2D eigenvalue weighted by molar-refractivity contribution is 5.79. The van der Waals surface area contributed by atoms with Crippen molar-refractivity contribution in [1.82, 2.24) is 10.2 Å². The van der Waals surface area contributed by atoms with E-state index in [-0.39, 0.29) is 23.7 Å². The third kappa shape index (κ3) is 5.39. The topological polar surface area (TPSA) is 32.3 Å². The van der Waals surface area contributed by atoms with E-state index in [0.29, 0.717) is 0 Å². The van der Waals surface area contributed by atoms with Crippen LogP contribution in [-0.2, 0) is 17.8 Å². The monoisotopic (exact) mass is 368 g/mol. The normalized spacial score (nSPS) is 16.9. The van der Waals surface area contributed by atoms with Gasteiger partial charge in [-0.25, -0.2) is 4.39 Å². The SMILES string of the molecule is CCc1ccc([C@H](C)NC(=O)C2CCN(Cc3ccc(F)cc3)CC2)cc1. The van der Waals surface area contributed by atoms with Gasteiger partial charge in [-0.2, -0.15) is 0 Å². The first-order valence-corrected chi connectivity index (χ1v) is 9.91. The zero-order chi connectivity index (χ0) is 19.2. The maximum Gasteiger partial charge on any atom is 0.223 e. The Balaban J connectivity index is 1.46. The lowest BCUT2D eigenvalue weighted by molar-refractivity contribution is -0.127. The predicted molar refractivity (Wildman–Crippen MR) is 107 cm³/mol. The second-order valence-corrected chi connectivity index (χ2v) is 7.50. The van der Waals surface area contributed by atoms with Crippen molar-refractivity contribution in [1.29, 1.82) is 0 Å². The number of hydrogen-bond acceptors (Lipinski definition) is 2. The maximum absolute atomic E-state index is 13.0. The molecule has 0 bridgehead atoms. The third-order valence-corrected chi connectivity index (χ3v) is 5.52. The van der Waals surface area contributed by atoms with Crippen molar-refractivity contribution >= 4 is 5.91 Å². The fraction of sp³-hybridized carbons (Fsp3) is 0.435. The van der Waals surface area contributed by atoms with Gasteiger partial charge in [0.25, 0.3) is 0 Å². The van der Waals surface area contributed by atoms with E-state index in [9.17, 15) is 9.18 Å². The molecule has 0 spiro atoms. The summed E-state index contributed by atoms with van der Waals surface area (Å²) >= 11 is 0. The molecular weight excluding hydrogens is 339 g/mol. The molecule has 27 heavy (non-hydrogen) atoms. The molecule has 4 heteroatoms. The van der Waals surface area contributed by atoms with Crippen LogP contribution in [0.2, 0.25) is 0 Å². The standard InChI is InChI=1S/C23H29FN2O/c1-3-18-4-8-20(9-5-18)17(2)25-23(27)21-12-14-26(15-13-21)16-19-6-10-22(24)11-7-19/h4-11,17,21H,3,12-16H2,1-2H3,(H,25,27)/t17-/m0/s1. The first-order chi connectivity index (χ1) is 13.0. The van der Waals surface area contributed by atoms with Gasteiger partial charge >= 0.3 is 0 Å². The van der Waals surface area contributed by atoms with Crippen LogP contribution in [0.1, 0.15) is 49.4 Å². The molecule has 1 saturated heterocycles. The van der Waals surface area contributed by atoms with E-state index in [1.54, 1.807) is 0 Å². The first-order valence-electron chi connectivity index (χ1n) is 9.91. The molecular formula is C23H29FN2O. The summed E-state index contributed by atoms with van der Waals surface area (Å²) in [6, 6.07) is 15.2. The van der Waals surface area contributed by atoms with Crippen LogP contribution < -0.4 is 5.32 Å². The van der Waals surface area contributed by atoms with Gasteiger partial charge < -0.3 is 5.32 Å². The smallest absolute Gasteiger partial charge is 0.223 e. The van der Waals surface area contributed by atoms with Crippen molar-refractivity contribution in [2.45, 2.75) is 45.7 Å². The van der Waals surface area contributed by atoms with Crippen LogP contribution in [0.4, 0.5) is 4.39 Å². The van der Waals surface area contributed by atoms with E-state index >= 15 is 0 Å². The van der Waals surface area contributed by atoms with Gasteiger partial charge in [0, 0.05) is 12.5 Å². The van der Waals surface area contributed by atoms with Crippen molar-refractivity contribution in [2.24, 2.45) is 5.92 Å². The zero-order valence-corrected chi connectivity index (χ0v) is 16.2. The number of piperidine rings is 1. The van der Waals surface area contributed by atoms with Crippen molar-refractivity contribution in [2.75, 3.05) is 13.1 Å². The van der Waals surface area contributed by atoms with E-state index in [4.69, 9.17) is 0 Å². The number of likely N-dealkylation sites (tertiary alicyclic amines) is 1. The predicted octanol–water partition coefficient (Wildman–Crippen LogP) is 4.48. The molecule has 2 aromatic rings. The molecule has 144 valence electrons. The number of halogens is 1. The summed E-state index contributed by atoms with van der Waals surface area (Å²) in [5.74, 6) is 0.0305. The van der Waals surface area contributed by atoms with Crippen LogP contribution in [0.3, 0.4) is 0 Å². The summed E-state index contributed by atoms with van der Waals surface area (Å²) in [5, 5.41) is 3.18. The highest BCUT2D eigenvalue weighted by atomic mass is 19.1. The fourth-order valence-corrected chi connectivity index (χ4v) is 3.66. The third-order valence-electron chi connectivity index (χ3n) is 5.52. The number of carbonyl (C=O) groups is 1. The summed E-state index contributed by atoms with van der Waals surface area (Å²) < 4.78 is 13.0. The number of benzene rings is 2. The van der Waals surface area contributed by atoms with Crippen molar-refractivity contribution in [3.63, 3.8) is 0 Å². The Morgan fingerprint density at radius 2 is 1.67 bits per heavy atom. The van der Waals surface area contributed by atoms with E-state index < -0.39 is 0 Å². The Kier molecular flexibility index (Phi) is 6.62. The van der Waals surface area contributed by atoms with Crippen LogP contribution in [0.15, 0.2) is 48.5 Å². The molecule has 0 aromatic heterocycles. The summed E-state index contributed by atoms with van der Waals surface area (Å²) in [7, 11) is 0. The van der Waals surface area contributed by atoms with Gasteiger partial charge in [0.2, 0.25) is 5.91 Å². The highest BCUT2D eigenvalue weighted by Gasteiger charge is 2.26. The van der Waals surface area contributed by atoms with Crippen LogP contribution in [0.25, 0.3) is 0 Å². The molecule has 1 aliphatic rings. The quantitative estimate of drug-likeness (QED) is 0.815. The number of aryl methyl sites for hydroxylation is 1. The minimum absolute atomic E-state index is 0.0284. The maximum atomic E-state index is 13.0. The number of hydrogen-bond donors (Lipinski definition) is 1. The molecule has 0 saturated carbocycles. The Morgan fingerprint density at radius 3 is 2.26 bits per heavy atom. The van der Waals surface area contributed by atoms with E-state index in [0.717, 1.165) is 50.0 Å². The van der Waals surface area contributed by atoms with Crippen LogP contribution in [0.5, 0.6) is 0 Å². The van der Waals surface area contributed by atoms with Crippen LogP contribution in [0, 0.1) is 11.7 Å². The second-order valence-electron chi connectivity index (χ2n) is 7.50. The zero-order valence-electron chi connectivity index (χ0n) is 16.2. The van der Waals surface area contributed by atoms with Crippen molar-refractivity contribution < 1.29 is 9.18 Å². The molecule has 3 nitrogen and oxygen atoms in total. The average Bonchev–Trinajstić information content (AvgIpc) is 2.70. The summed E-state index contributed by atoms with van der Waals surface area (Å²) in [4.78, 5) is 15.0. The molecule has 0 aliphatic carbocycles. The lowest BCUT2D eigenvalue weighted by Gasteiger charge is -2.32. The Labute approximate surface area is 161 Å². The van der Waals surface area contributed by atoms with Crippen LogP contribution >= 0.6 is 0 Å². The number of rotatable bonds is 6. The lowest BCUT2D eigenvalue weighted by atomic mass is 9.94.